The second-order valence-electron chi connectivity index (χ2n) is 3.56. The van der Waals surface area contributed by atoms with Crippen molar-refractivity contribution < 1.29 is 0 Å². The predicted octanol–water partition coefficient (Wildman–Crippen LogP) is 4.53. The Morgan fingerprint density at radius 3 is 2.88 bits per heavy atom. The van der Waals surface area contributed by atoms with E-state index in [1.807, 2.05) is 24.4 Å². The molecule has 1 aromatic carbocycles. The summed E-state index contributed by atoms with van der Waals surface area (Å²) in [6, 6.07) is 5.64. The van der Waals surface area contributed by atoms with Gasteiger partial charge in [0, 0.05) is 4.47 Å². The largest absolute Gasteiger partial charge is 0.220 e. The maximum atomic E-state index is 5.95. The Morgan fingerprint density at radius 1 is 1.47 bits per heavy atom. The van der Waals surface area contributed by atoms with E-state index in [1.54, 1.807) is 4.68 Å². The van der Waals surface area contributed by atoms with Crippen molar-refractivity contribution in [2.24, 2.45) is 0 Å². The maximum Gasteiger partial charge on any atom is 0.0967 e. The van der Waals surface area contributed by atoms with Gasteiger partial charge in [-0.2, -0.15) is 0 Å². The lowest BCUT2D eigenvalue weighted by molar-refractivity contribution is 0.790. The molecule has 1 unspecified atom stereocenters. The van der Waals surface area contributed by atoms with Gasteiger partial charge in [0.05, 0.1) is 27.4 Å². The second kappa shape index (κ2) is 5.50. The molecule has 6 heteroatoms. The Balaban J connectivity index is 2.33. The quantitative estimate of drug-likeness (QED) is 0.734. The lowest BCUT2D eigenvalue weighted by atomic mass is 10.3. The van der Waals surface area contributed by atoms with Gasteiger partial charge in [-0.1, -0.05) is 39.7 Å². The Labute approximate surface area is 121 Å². The van der Waals surface area contributed by atoms with Gasteiger partial charge < -0.3 is 0 Å². The lowest BCUT2D eigenvalue weighted by Crippen LogP contribution is -1.94. The van der Waals surface area contributed by atoms with Crippen LogP contribution in [-0.2, 0) is 0 Å². The van der Waals surface area contributed by atoms with Crippen molar-refractivity contribution in [3.8, 4) is 5.69 Å². The van der Waals surface area contributed by atoms with E-state index in [2.05, 4.69) is 49.1 Å². The maximum absolute atomic E-state index is 5.95. The Kier molecular flexibility index (Phi) is 4.22. The molecular weight excluding hydrogens is 369 g/mol. The van der Waals surface area contributed by atoms with Gasteiger partial charge >= 0.3 is 0 Å². The number of aromatic nitrogens is 3. The van der Waals surface area contributed by atoms with Crippen LogP contribution in [0.3, 0.4) is 0 Å². The fraction of sp³-hybridized carbons (Fsp3) is 0.273. The zero-order valence-electron chi connectivity index (χ0n) is 9.07. The van der Waals surface area contributed by atoms with Crippen molar-refractivity contribution >= 4 is 43.5 Å². The van der Waals surface area contributed by atoms with Crippen LogP contribution in [0.5, 0.6) is 0 Å². The molecule has 17 heavy (non-hydrogen) atoms. The zero-order chi connectivity index (χ0) is 12.4. The normalized spacial score (nSPS) is 12.7. The molecule has 0 aliphatic carbocycles. The molecule has 2 rings (SSSR count). The molecule has 0 aliphatic rings. The van der Waals surface area contributed by atoms with Crippen LogP contribution in [0.15, 0.2) is 28.9 Å². The first-order valence-electron chi connectivity index (χ1n) is 5.13. The fourth-order valence-electron chi connectivity index (χ4n) is 1.38. The van der Waals surface area contributed by atoms with Crippen LogP contribution in [0.25, 0.3) is 5.69 Å². The van der Waals surface area contributed by atoms with E-state index < -0.39 is 0 Å². The summed E-state index contributed by atoms with van der Waals surface area (Å²) in [5.74, 6) is 0. The first-order chi connectivity index (χ1) is 8.11. The zero-order valence-corrected chi connectivity index (χ0v) is 13.0. The third kappa shape index (κ3) is 2.89. The van der Waals surface area contributed by atoms with Crippen LogP contribution >= 0.6 is 43.5 Å². The number of hydrogen-bond donors (Lipinski definition) is 0. The molecule has 3 nitrogen and oxygen atoms in total. The van der Waals surface area contributed by atoms with E-state index in [0.717, 1.165) is 22.3 Å². The van der Waals surface area contributed by atoms with Crippen molar-refractivity contribution in [3.63, 3.8) is 0 Å². The monoisotopic (exact) mass is 377 g/mol. The van der Waals surface area contributed by atoms with Gasteiger partial charge in [0.15, 0.2) is 0 Å². The molecule has 0 spiro atoms. The van der Waals surface area contributed by atoms with Crippen LogP contribution in [-0.4, -0.2) is 15.0 Å². The van der Waals surface area contributed by atoms with E-state index in [9.17, 15) is 0 Å². The van der Waals surface area contributed by atoms with Crippen LogP contribution in [0.2, 0.25) is 5.02 Å². The molecule has 0 saturated heterocycles. The summed E-state index contributed by atoms with van der Waals surface area (Å²) in [4.78, 5) is 0.243. The van der Waals surface area contributed by atoms with Crippen LogP contribution < -0.4 is 0 Å². The molecule has 0 radical (unpaired) electrons. The van der Waals surface area contributed by atoms with E-state index in [0.29, 0.717) is 5.02 Å². The predicted molar refractivity (Wildman–Crippen MR) is 76.0 cm³/mol. The number of rotatable bonds is 3. The van der Waals surface area contributed by atoms with Gasteiger partial charge in [0.1, 0.15) is 0 Å². The second-order valence-corrected chi connectivity index (χ2v) is 5.93. The van der Waals surface area contributed by atoms with Gasteiger partial charge in [0.25, 0.3) is 0 Å². The lowest BCUT2D eigenvalue weighted by Gasteiger charge is -2.02. The van der Waals surface area contributed by atoms with E-state index in [-0.39, 0.29) is 4.83 Å². The first kappa shape index (κ1) is 13.1. The average Bonchev–Trinajstić information content (AvgIpc) is 2.81. The van der Waals surface area contributed by atoms with Crippen molar-refractivity contribution in [2.45, 2.75) is 18.2 Å². The summed E-state index contributed by atoms with van der Waals surface area (Å²) in [5, 5.41) is 8.91. The summed E-state index contributed by atoms with van der Waals surface area (Å²) >= 11 is 12.9. The minimum absolute atomic E-state index is 0.243. The minimum atomic E-state index is 0.243. The number of benzene rings is 1. The van der Waals surface area contributed by atoms with Gasteiger partial charge in [-0.3, -0.25) is 0 Å². The van der Waals surface area contributed by atoms with E-state index in [4.69, 9.17) is 11.6 Å². The molecule has 1 atom stereocenters. The Bertz CT molecular complexity index is 527. The fourth-order valence-corrected chi connectivity index (χ4v) is 2.08. The minimum Gasteiger partial charge on any atom is -0.220 e. The van der Waals surface area contributed by atoms with Crippen molar-refractivity contribution in [2.75, 3.05) is 0 Å². The highest BCUT2D eigenvalue weighted by molar-refractivity contribution is 9.10. The molecule has 2 aromatic rings. The van der Waals surface area contributed by atoms with Crippen molar-refractivity contribution in [3.05, 3.63) is 39.6 Å². The van der Waals surface area contributed by atoms with Crippen molar-refractivity contribution in [1.82, 2.24) is 15.0 Å². The smallest absolute Gasteiger partial charge is 0.0967 e. The summed E-state index contributed by atoms with van der Waals surface area (Å²) in [6.07, 6.45) is 2.89. The van der Waals surface area contributed by atoms with Gasteiger partial charge in [0.2, 0.25) is 0 Å². The summed E-state index contributed by atoms with van der Waals surface area (Å²) in [6.45, 7) is 2.09. The molecular formula is C11H10Br2ClN3. The summed E-state index contributed by atoms with van der Waals surface area (Å²) in [5.41, 5.74) is 1.86. The molecule has 0 saturated carbocycles. The number of alkyl halides is 1. The summed E-state index contributed by atoms with van der Waals surface area (Å²) in [7, 11) is 0. The van der Waals surface area contributed by atoms with Crippen LogP contribution in [0.1, 0.15) is 23.9 Å². The highest BCUT2D eigenvalue weighted by Gasteiger charge is 2.10. The first-order valence-corrected chi connectivity index (χ1v) is 7.22. The molecule has 0 fully saturated rings. The topological polar surface area (TPSA) is 30.7 Å². The summed E-state index contributed by atoms with van der Waals surface area (Å²) < 4.78 is 2.58. The average molecular weight is 379 g/mol. The third-order valence-corrected chi connectivity index (χ3v) is 4.69. The highest BCUT2D eigenvalue weighted by Crippen LogP contribution is 2.27. The van der Waals surface area contributed by atoms with Gasteiger partial charge in [-0.05, 0) is 40.5 Å². The third-order valence-electron chi connectivity index (χ3n) is 2.36. The van der Waals surface area contributed by atoms with Crippen LogP contribution in [0.4, 0.5) is 0 Å². The molecule has 0 aliphatic heterocycles. The number of nitrogens with zero attached hydrogens (tertiary/aromatic N) is 3. The Hall–Kier alpha value is -0.390. The molecule has 0 amide bonds. The van der Waals surface area contributed by atoms with Crippen molar-refractivity contribution in [1.29, 1.82) is 0 Å². The number of halogens is 3. The van der Waals surface area contributed by atoms with Crippen LogP contribution in [0, 0.1) is 0 Å². The molecule has 0 N–H and O–H groups in total. The molecule has 90 valence electrons. The van der Waals surface area contributed by atoms with Gasteiger partial charge in [-0.25, -0.2) is 4.68 Å². The van der Waals surface area contributed by atoms with E-state index in [1.165, 1.54) is 0 Å². The molecule has 0 bridgehead atoms. The standard InChI is InChI=1S/C11H10Br2ClN3/c1-2-8(12)11-6-17(16-15-11)7-3-4-10(14)9(13)5-7/h3-6,8H,2H2,1H3. The molecule has 1 heterocycles. The van der Waals surface area contributed by atoms with Gasteiger partial charge in [-0.15, -0.1) is 5.10 Å². The SMILES string of the molecule is CCC(Br)c1cn(-c2ccc(Cl)c(Br)c2)nn1. The Morgan fingerprint density at radius 2 is 2.24 bits per heavy atom. The highest BCUT2D eigenvalue weighted by atomic mass is 79.9. The number of hydrogen-bond acceptors (Lipinski definition) is 2. The molecule has 1 aromatic heterocycles. The van der Waals surface area contributed by atoms with E-state index >= 15 is 0 Å².